The van der Waals surface area contributed by atoms with Crippen molar-refractivity contribution in [2.75, 3.05) is 18.4 Å². The summed E-state index contributed by atoms with van der Waals surface area (Å²) in [5.41, 5.74) is 1.05. The highest BCUT2D eigenvalue weighted by Gasteiger charge is 2.18. The summed E-state index contributed by atoms with van der Waals surface area (Å²) in [6, 6.07) is 13.6. The molecule has 1 aromatic heterocycles. The van der Waals surface area contributed by atoms with Crippen LogP contribution in [0.1, 0.15) is 27.2 Å². The normalized spacial score (nSPS) is 11.0. The number of hydrogen-bond donors (Lipinski definition) is 3. The Hall–Kier alpha value is -3.68. The van der Waals surface area contributed by atoms with Crippen LogP contribution in [-0.2, 0) is 16.6 Å². The van der Waals surface area contributed by atoms with Crippen LogP contribution in [0.25, 0.3) is 0 Å². The van der Waals surface area contributed by atoms with E-state index < -0.39 is 21.7 Å². The Morgan fingerprint density at radius 3 is 2.69 bits per heavy atom. The smallest absolute Gasteiger partial charge is 0.251 e. The van der Waals surface area contributed by atoms with Gasteiger partial charge in [-0.3, -0.25) is 4.79 Å². The van der Waals surface area contributed by atoms with Crippen molar-refractivity contribution < 1.29 is 22.0 Å². The molecule has 2 aromatic carbocycles. The van der Waals surface area contributed by atoms with Crippen LogP contribution in [0.15, 0.2) is 64.1 Å². The second-order valence-corrected chi connectivity index (χ2v) is 8.60. The number of rotatable bonds is 9. The molecule has 0 aliphatic heterocycles. The standard InChI is InChI=1S/C22H21FN4O4S/c1-15-7-8-17(32(29,30)27-14-16-4-3-11-31-16)12-18(15)22(28)26-10-9-25-21-6-2-5-20(23)19(21)13-24/h2-8,11-12,25,27H,9-10,14H2,1H3,(H,26,28). The Bertz CT molecular complexity index is 1250. The van der Waals surface area contributed by atoms with E-state index in [2.05, 4.69) is 15.4 Å². The number of halogens is 1. The minimum absolute atomic E-state index is 0.0127. The number of aryl methyl sites for hydroxylation is 1. The minimum atomic E-state index is -3.85. The Balaban J connectivity index is 1.62. The zero-order valence-corrected chi connectivity index (χ0v) is 18.0. The summed E-state index contributed by atoms with van der Waals surface area (Å²) in [4.78, 5) is 12.6. The van der Waals surface area contributed by atoms with Gasteiger partial charge in [0.2, 0.25) is 10.0 Å². The molecule has 0 saturated heterocycles. The number of amides is 1. The van der Waals surface area contributed by atoms with Gasteiger partial charge >= 0.3 is 0 Å². The topological polar surface area (TPSA) is 124 Å². The van der Waals surface area contributed by atoms with E-state index >= 15 is 0 Å². The van der Waals surface area contributed by atoms with Crippen LogP contribution < -0.4 is 15.4 Å². The number of sulfonamides is 1. The molecule has 0 fully saturated rings. The predicted octanol–water partition coefficient (Wildman–Crippen LogP) is 2.92. The Labute approximate surface area is 185 Å². The molecular weight excluding hydrogens is 435 g/mol. The molecule has 10 heteroatoms. The maximum Gasteiger partial charge on any atom is 0.251 e. The van der Waals surface area contributed by atoms with Gasteiger partial charge in [-0.05, 0) is 48.9 Å². The summed E-state index contributed by atoms with van der Waals surface area (Å²) in [5, 5.41) is 14.6. The largest absolute Gasteiger partial charge is 0.468 e. The van der Waals surface area contributed by atoms with E-state index in [0.29, 0.717) is 17.0 Å². The van der Waals surface area contributed by atoms with Gasteiger partial charge < -0.3 is 15.1 Å². The third-order valence-corrected chi connectivity index (χ3v) is 6.03. The van der Waals surface area contributed by atoms with Crippen LogP contribution in [0, 0.1) is 24.1 Å². The zero-order chi connectivity index (χ0) is 23.1. The molecule has 0 spiro atoms. The fourth-order valence-electron chi connectivity index (χ4n) is 2.93. The monoisotopic (exact) mass is 456 g/mol. The molecule has 0 atom stereocenters. The number of nitriles is 1. The number of benzene rings is 2. The van der Waals surface area contributed by atoms with E-state index in [1.165, 1.54) is 30.5 Å². The molecule has 0 aliphatic carbocycles. The highest BCUT2D eigenvalue weighted by atomic mass is 32.2. The van der Waals surface area contributed by atoms with Crippen molar-refractivity contribution in [3.05, 3.63) is 83.1 Å². The molecule has 1 amide bonds. The van der Waals surface area contributed by atoms with Crippen molar-refractivity contribution in [2.24, 2.45) is 0 Å². The van der Waals surface area contributed by atoms with E-state index in [4.69, 9.17) is 9.68 Å². The molecule has 0 unspecified atom stereocenters. The van der Waals surface area contributed by atoms with Crippen LogP contribution in [0.4, 0.5) is 10.1 Å². The molecule has 32 heavy (non-hydrogen) atoms. The summed E-state index contributed by atoms with van der Waals surface area (Å²) in [6.07, 6.45) is 1.45. The van der Waals surface area contributed by atoms with Crippen LogP contribution in [0.2, 0.25) is 0 Å². The highest BCUT2D eigenvalue weighted by Crippen LogP contribution is 2.18. The van der Waals surface area contributed by atoms with Crippen molar-refractivity contribution in [3.8, 4) is 6.07 Å². The molecule has 1 heterocycles. The molecule has 166 valence electrons. The van der Waals surface area contributed by atoms with Gasteiger partial charge in [0.1, 0.15) is 23.2 Å². The van der Waals surface area contributed by atoms with Gasteiger partial charge in [-0.2, -0.15) is 5.26 Å². The summed E-state index contributed by atoms with van der Waals surface area (Å²) >= 11 is 0. The van der Waals surface area contributed by atoms with Crippen LogP contribution in [0.3, 0.4) is 0 Å². The van der Waals surface area contributed by atoms with Gasteiger partial charge in [0.25, 0.3) is 5.91 Å². The first-order valence-electron chi connectivity index (χ1n) is 9.65. The van der Waals surface area contributed by atoms with Crippen molar-refractivity contribution in [2.45, 2.75) is 18.4 Å². The predicted molar refractivity (Wildman–Crippen MR) is 116 cm³/mol. The number of furan rings is 1. The van der Waals surface area contributed by atoms with Crippen molar-refractivity contribution in [3.63, 3.8) is 0 Å². The fourth-order valence-corrected chi connectivity index (χ4v) is 3.95. The number of anilines is 1. The summed E-state index contributed by atoms with van der Waals surface area (Å²) in [5.74, 6) is -0.619. The van der Waals surface area contributed by atoms with Gasteiger partial charge in [-0.1, -0.05) is 12.1 Å². The lowest BCUT2D eigenvalue weighted by molar-refractivity contribution is 0.0954. The summed E-state index contributed by atoms with van der Waals surface area (Å²) < 4.78 is 46.3. The number of nitrogens with one attached hydrogen (secondary N) is 3. The molecule has 8 nitrogen and oxygen atoms in total. The molecule has 0 bridgehead atoms. The van der Waals surface area contributed by atoms with E-state index in [1.54, 1.807) is 37.3 Å². The molecule has 0 aliphatic rings. The lowest BCUT2D eigenvalue weighted by Crippen LogP contribution is -2.30. The first-order chi connectivity index (χ1) is 15.3. The second kappa shape index (κ2) is 10.1. The zero-order valence-electron chi connectivity index (χ0n) is 17.2. The molecule has 0 saturated carbocycles. The molecule has 0 radical (unpaired) electrons. The van der Waals surface area contributed by atoms with Gasteiger partial charge in [0.15, 0.2) is 0 Å². The first-order valence-corrected chi connectivity index (χ1v) is 11.1. The molecule has 3 rings (SSSR count). The third kappa shape index (κ3) is 5.51. The van der Waals surface area contributed by atoms with E-state index in [9.17, 15) is 17.6 Å². The van der Waals surface area contributed by atoms with Crippen molar-refractivity contribution in [1.82, 2.24) is 10.0 Å². The van der Waals surface area contributed by atoms with Crippen LogP contribution in [0.5, 0.6) is 0 Å². The average molecular weight is 456 g/mol. The van der Waals surface area contributed by atoms with Crippen molar-refractivity contribution in [1.29, 1.82) is 5.26 Å². The lowest BCUT2D eigenvalue weighted by Gasteiger charge is -2.12. The SMILES string of the molecule is Cc1ccc(S(=O)(=O)NCc2ccco2)cc1C(=O)NCCNc1cccc(F)c1C#N. The molecule has 3 aromatic rings. The van der Waals surface area contributed by atoms with Crippen molar-refractivity contribution >= 4 is 21.6 Å². The fraction of sp³-hybridized carbons (Fsp3) is 0.182. The van der Waals surface area contributed by atoms with Crippen LogP contribution >= 0.6 is 0 Å². The van der Waals surface area contributed by atoms with Gasteiger partial charge in [0, 0.05) is 18.7 Å². The Morgan fingerprint density at radius 1 is 1.16 bits per heavy atom. The Kier molecular flexibility index (Phi) is 7.25. The average Bonchev–Trinajstić information content (AvgIpc) is 3.29. The number of carbonyl (C=O) groups excluding carboxylic acids is 1. The number of hydrogen-bond acceptors (Lipinski definition) is 6. The summed E-state index contributed by atoms with van der Waals surface area (Å²) in [6.45, 7) is 2.10. The third-order valence-electron chi connectivity index (χ3n) is 4.63. The second-order valence-electron chi connectivity index (χ2n) is 6.84. The van der Waals surface area contributed by atoms with E-state index in [0.717, 1.165) is 0 Å². The Morgan fingerprint density at radius 2 is 1.97 bits per heavy atom. The molecule has 3 N–H and O–H groups in total. The van der Waals surface area contributed by atoms with Gasteiger partial charge in [0.05, 0.1) is 23.4 Å². The molecular formula is C22H21FN4O4S. The van der Waals surface area contributed by atoms with E-state index in [-0.39, 0.29) is 35.7 Å². The number of nitrogens with zero attached hydrogens (tertiary/aromatic N) is 1. The summed E-state index contributed by atoms with van der Waals surface area (Å²) in [7, 11) is -3.85. The minimum Gasteiger partial charge on any atom is -0.468 e. The lowest BCUT2D eigenvalue weighted by atomic mass is 10.1. The number of carbonyl (C=O) groups is 1. The highest BCUT2D eigenvalue weighted by molar-refractivity contribution is 7.89. The maximum absolute atomic E-state index is 13.6. The van der Waals surface area contributed by atoms with E-state index in [1.807, 2.05) is 0 Å². The van der Waals surface area contributed by atoms with Gasteiger partial charge in [-0.25, -0.2) is 17.5 Å². The first kappa shape index (κ1) is 23.0. The van der Waals surface area contributed by atoms with Crippen LogP contribution in [-0.4, -0.2) is 27.4 Å². The maximum atomic E-state index is 13.6. The quantitative estimate of drug-likeness (QED) is 0.425. The van der Waals surface area contributed by atoms with Gasteiger partial charge in [-0.15, -0.1) is 0 Å².